The number of hydrogen-bond donors (Lipinski definition) is 1. The minimum Gasteiger partial charge on any atom is -0.489 e. The molecule has 3 rings (SSSR count). The van der Waals surface area contributed by atoms with E-state index in [0.29, 0.717) is 11.7 Å². The predicted octanol–water partition coefficient (Wildman–Crippen LogP) is 4.62. The average Bonchev–Trinajstić information content (AvgIpc) is 2.72. The minimum absolute atomic E-state index is 0.174. The maximum absolute atomic E-state index is 13.5. The molecule has 8 heteroatoms. The van der Waals surface area contributed by atoms with E-state index in [0.717, 1.165) is 16.1 Å². The van der Waals surface area contributed by atoms with Gasteiger partial charge in [-0.2, -0.15) is 0 Å². The lowest BCUT2D eigenvalue weighted by Gasteiger charge is -2.19. The van der Waals surface area contributed by atoms with Crippen molar-refractivity contribution < 1.29 is 13.9 Å². The van der Waals surface area contributed by atoms with E-state index >= 15 is 0 Å². The Hall–Kier alpha value is -3.13. The predicted molar refractivity (Wildman–Crippen MR) is 111 cm³/mol. The SMILES string of the molecule is Cc1cc(Sc2ncccn2)ccc1NC(=O)N(C)CCOc1ccccc1F. The summed E-state index contributed by atoms with van der Waals surface area (Å²) in [6.45, 7) is 2.43. The van der Waals surface area contributed by atoms with Crippen LogP contribution in [0.5, 0.6) is 5.75 Å². The normalized spacial score (nSPS) is 10.4. The van der Waals surface area contributed by atoms with Crippen molar-refractivity contribution >= 4 is 23.5 Å². The zero-order chi connectivity index (χ0) is 20.6. The van der Waals surface area contributed by atoms with Gasteiger partial charge >= 0.3 is 6.03 Å². The van der Waals surface area contributed by atoms with Gasteiger partial charge in [0.2, 0.25) is 0 Å². The highest BCUT2D eigenvalue weighted by Gasteiger charge is 2.12. The number of likely N-dealkylation sites (N-methyl/N-ethyl adjacent to an activating group) is 1. The first-order valence-corrected chi connectivity index (χ1v) is 9.79. The molecule has 1 N–H and O–H groups in total. The van der Waals surface area contributed by atoms with E-state index in [1.165, 1.54) is 22.7 Å². The number of benzene rings is 2. The molecular formula is C21H21FN4O2S. The summed E-state index contributed by atoms with van der Waals surface area (Å²) in [6.07, 6.45) is 3.39. The van der Waals surface area contributed by atoms with Gasteiger partial charge in [-0.15, -0.1) is 0 Å². The number of anilines is 1. The summed E-state index contributed by atoms with van der Waals surface area (Å²) in [6, 6.07) is 13.4. The van der Waals surface area contributed by atoms with Crippen molar-refractivity contribution in [2.45, 2.75) is 17.0 Å². The number of aromatic nitrogens is 2. The molecule has 0 fully saturated rings. The van der Waals surface area contributed by atoms with Gasteiger partial charge in [0.05, 0.1) is 6.54 Å². The Labute approximate surface area is 173 Å². The molecule has 2 aromatic carbocycles. The number of nitrogens with zero attached hydrogens (tertiary/aromatic N) is 3. The molecule has 150 valence electrons. The fourth-order valence-electron chi connectivity index (χ4n) is 2.45. The highest BCUT2D eigenvalue weighted by Crippen LogP contribution is 2.28. The van der Waals surface area contributed by atoms with E-state index in [2.05, 4.69) is 15.3 Å². The van der Waals surface area contributed by atoms with Crippen molar-refractivity contribution in [3.8, 4) is 5.75 Å². The Balaban J connectivity index is 1.52. The highest BCUT2D eigenvalue weighted by molar-refractivity contribution is 7.99. The topological polar surface area (TPSA) is 67.4 Å². The molecule has 0 radical (unpaired) electrons. The molecule has 0 unspecified atom stereocenters. The number of urea groups is 1. The van der Waals surface area contributed by atoms with Crippen LogP contribution in [0.4, 0.5) is 14.9 Å². The van der Waals surface area contributed by atoms with Gasteiger partial charge in [-0.3, -0.25) is 0 Å². The van der Waals surface area contributed by atoms with Crippen molar-refractivity contribution in [1.82, 2.24) is 14.9 Å². The standard InChI is InChI=1S/C21H21FN4O2S/c1-15-14-16(29-20-23-10-5-11-24-20)8-9-18(15)25-21(27)26(2)12-13-28-19-7-4-3-6-17(19)22/h3-11,14H,12-13H2,1-2H3,(H,25,27). The van der Waals surface area contributed by atoms with Gasteiger partial charge in [-0.25, -0.2) is 19.2 Å². The Kier molecular flexibility index (Phi) is 7.02. The third-order valence-electron chi connectivity index (χ3n) is 4.06. The van der Waals surface area contributed by atoms with Crippen molar-refractivity contribution in [3.05, 3.63) is 72.3 Å². The second kappa shape index (κ2) is 9.88. The fourth-order valence-corrected chi connectivity index (χ4v) is 3.26. The molecule has 0 spiro atoms. The van der Waals surface area contributed by atoms with E-state index < -0.39 is 5.82 Å². The number of nitrogens with one attached hydrogen (secondary N) is 1. The second-order valence-corrected chi connectivity index (χ2v) is 7.28. The molecule has 1 heterocycles. The van der Waals surface area contributed by atoms with Crippen LogP contribution in [0.2, 0.25) is 0 Å². The first-order valence-electron chi connectivity index (χ1n) is 8.98. The lowest BCUT2D eigenvalue weighted by atomic mass is 10.2. The lowest BCUT2D eigenvalue weighted by molar-refractivity contribution is 0.206. The van der Waals surface area contributed by atoms with E-state index in [9.17, 15) is 9.18 Å². The average molecular weight is 412 g/mol. The summed E-state index contributed by atoms with van der Waals surface area (Å²) >= 11 is 1.45. The molecule has 0 saturated carbocycles. The summed E-state index contributed by atoms with van der Waals surface area (Å²) in [5.74, 6) is -0.248. The summed E-state index contributed by atoms with van der Waals surface area (Å²) in [4.78, 5) is 23.3. The van der Waals surface area contributed by atoms with Crippen molar-refractivity contribution in [2.75, 3.05) is 25.5 Å². The van der Waals surface area contributed by atoms with Crippen LogP contribution in [0.3, 0.4) is 0 Å². The number of aryl methyl sites for hydroxylation is 1. The Morgan fingerprint density at radius 2 is 1.93 bits per heavy atom. The van der Waals surface area contributed by atoms with Crippen LogP contribution in [-0.4, -0.2) is 41.1 Å². The van der Waals surface area contributed by atoms with E-state index in [1.807, 2.05) is 25.1 Å². The molecular weight excluding hydrogens is 391 g/mol. The highest BCUT2D eigenvalue weighted by atomic mass is 32.2. The first-order chi connectivity index (χ1) is 14.0. The van der Waals surface area contributed by atoms with Gasteiger partial charge in [0.25, 0.3) is 0 Å². The second-order valence-electron chi connectivity index (χ2n) is 6.24. The number of carbonyl (C=O) groups is 1. The monoisotopic (exact) mass is 412 g/mol. The van der Waals surface area contributed by atoms with Crippen LogP contribution >= 0.6 is 11.8 Å². The van der Waals surface area contributed by atoms with Gasteiger partial charge in [-0.1, -0.05) is 12.1 Å². The molecule has 0 saturated heterocycles. The largest absolute Gasteiger partial charge is 0.489 e. The summed E-state index contributed by atoms with van der Waals surface area (Å²) in [5.41, 5.74) is 1.64. The molecule has 2 amide bonds. The Morgan fingerprint density at radius 1 is 1.17 bits per heavy atom. The molecule has 1 aromatic heterocycles. The van der Waals surface area contributed by atoms with E-state index in [-0.39, 0.29) is 18.4 Å². The van der Waals surface area contributed by atoms with Crippen LogP contribution in [0.1, 0.15) is 5.56 Å². The van der Waals surface area contributed by atoms with Crippen LogP contribution in [0, 0.1) is 12.7 Å². The van der Waals surface area contributed by atoms with E-state index in [1.54, 1.807) is 43.7 Å². The van der Waals surface area contributed by atoms with Gasteiger partial charge in [0, 0.05) is 30.0 Å². The van der Waals surface area contributed by atoms with Crippen LogP contribution < -0.4 is 10.1 Å². The number of hydrogen-bond acceptors (Lipinski definition) is 5. The van der Waals surface area contributed by atoms with Crippen LogP contribution in [-0.2, 0) is 0 Å². The summed E-state index contributed by atoms with van der Waals surface area (Å²) in [5, 5.41) is 3.54. The maximum Gasteiger partial charge on any atom is 0.321 e. The van der Waals surface area contributed by atoms with Crippen molar-refractivity contribution in [1.29, 1.82) is 0 Å². The van der Waals surface area contributed by atoms with Crippen molar-refractivity contribution in [3.63, 3.8) is 0 Å². The van der Waals surface area contributed by atoms with E-state index in [4.69, 9.17) is 4.74 Å². The number of rotatable bonds is 7. The Morgan fingerprint density at radius 3 is 2.66 bits per heavy atom. The quantitative estimate of drug-likeness (QED) is 0.574. The lowest BCUT2D eigenvalue weighted by Crippen LogP contribution is -2.34. The van der Waals surface area contributed by atoms with Gasteiger partial charge < -0.3 is 15.0 Å². The number of carbonyl (C=O) groups excluding carboxylic acids is 1. The molecule has 0 aliphatic heterocycles. The molecule has 29 heavy (non-hydrogen) atoms. The van der Waals surface area contributed by atoms with Crippen LogP contribution in [0.25, 0.3) is 0 Å². The van der Waals surface area contributed by atoms with Crippen molar-refractivity contribution in [2.24, 2.45) is 0 Å². The van der Waals surface area contributed by atoms with Gasteiger partial charge in [-0.05, 0) is 60.6 Å². The third kappa shape index (κ3) is 5.92. The van der Waals surface area contributed by atoms with Gasteiger partial charge in [0.15, 0.2) is 16.7 Å². The number of para-hydroxylation sites is 1. The zero-order valence-corrected chi connectivity index (χ0v) is 16.9. The smallest absolute Gasteiger partial charge is 0.321 e. The number of halogens is 1. The fraction of sp³-hybridized carbons (Fsp3) is 0.190. The third-order valence-corrected chi connectivity index (χ3v) is 4.94. The number of ether oxygens (including phenoxy) is 1. The molecule has 0 aliphatic carbocycles. The zero-order valence-electron chi connectivity index (χ0n) is 16.1. The molecule has 0 atom stereocenters. The molecule has 6 nitrogen and oxygen atoms in total. The number of amides is 2. The van der Waals surface area contributed by atoms with Gasteiger partial charge in [0.1, 0.15) is 6.61 Å². The molecule has 3 aromatic rings. The molecule has 0 bridgehead atoms. The Bertz CT molecular complexity index is 972. The summed E-state index contributed by atoms with van der Waals surface area (Å²) < 4.78 is 18.9. The van der Waals surface area contributed by atoms with Crippen LogP contribution in [0.15, 0.2) is 71.0 Å². The molecule has 0 aliphatic rings. The first kappa shape index (κ1) is 20.6. The minimum atomic E-state index is -0.422. The maximum atomic E-state index is 13.5. The summed E-state index contributed by atoms with van der Waals surface area (Å²) in [7, 11) is 1.66.